The molecule has 4 radical (unpaired) electrons. The van der Waals surface area contributed by atoms with E-state index in [4.69, 9.17) is 51.1 Å². The predicted molar refractivity (Wildman–Crippen MR) is 420 cm³/mol. The van der Waals surface area contributed by atoms with E-state index in [-0.39, 0.29) is 10.8 Å². The van der Waals surface area contributed by atoms with Gasteiger partial charge in [0.2, 0.25) is 0 Å². The summed E-state index contributed by atoms with van der Waals surface area (Å²) in [5.41, 5.74) is 12.4. The molecule has 0 N–H and O–H groups in total. The Morgan fingerprint density at radius 3 is 0.768 bits per heavy atom. The molecule has 95 heavy (non-hydrogen) atoms. The van der Waals surface area contributed by atoms with Gasteiger partial charge in [0.15, 0.2) is 0 Å². The maximum absolute atomic E-state index is 4.93. The molecule has 494 valence electrons. The fourth-order valence-electron chi connectivity index (χ4n) is 9.81. The summed E-state index contributed by atoms with van der Waals surface area (Å²) in [5, 5.41) is 10.4. The molecule has 0 aliphatic rings. The van der Waals surface area contributed by atoms with E-state index in [1.54, 1.807) is 0 Å². The topological polar surface area (TPSA) is 0 Å². The van der Waals surface area contributed by atoms with Gasteiger partial charge in [-0.2, -0.15) is 24.3 Å². The first-order chi connectivity index (χ1) is 45.2. The average Bonchev–Trinajstić information content (AvgIpc) is 1.72. The van der Waals surface area contributed by atoms with Gasteiger partial charge in [0.25, 0.3) is 0 Å². The van der Waals surface area contributed by atoms with Crippen molar-refractivity contribution in [3.05, 3.63) is 238 Å². The molecule has 0 aromatic heterocycles. The zero-order valence-electron chi connectivity index (χ0n) is 59.2. The zero-order valence-corrected chi connectivity index (χ0v) is 73.1. The molecule has 0 spiro atoms. The van der Waals surface area contributed by atoms with Crippen LogP contribution in [-0.4, -0.2) is 19.0 Å². The Hall–Kier alpha value is -3.18. The van der Waals surface area contributed by atoms with Crippen molar-refractivity contribution in [2.45, 2.75) is 149 Å². The van der Waals surface area contributed by atoms with Gasteiger partial charge in [0.1, 0.15) is 0 Å². The standard InChI is InChI=1S/2C21H19.2C19H23.2C2H6Si.6ClH.3Zr/c2*1-16(2)13-18-14-20-10-6-9-19(21(20)15-18)12-11-17-7-4-3-5-8-17;2*1-14(2)11-15-12-17-8-6-7-16(18(17)13-15)9-10-19(3,4)5;2*1-3-2;;;;;;;;;/h2*3-10,14-16H,13H2,1-2H3;2*6-8,12-14H,11H2,1-5H3;2*1-2H3;6*1H;;;/q4*-1;;;;;;;;;+2;2*+4/p-6. The van der Waals surface area contributed by atoms with Crippen molar-refractivity contribution in [3.8, 4) is 47.4 Å². The summed E-state index contributed by atoms with van der Waals surface area (Å²) < 4.78 is 0. The number of rotatable bonds is 8. The molecule has 0 atom stereocenters. The zero-order chi connectivity index (χ0) is 70.9. The van der Waals surface area contributed by atoms with Crippen molar-refractivity contribution < 1.29 is 62.5 Å². The molecule has 0 aliphatic carbocycles. The molecule has 0 amide bonds. The molecule has 0 heterocycles. The molecule has 0 unspecified atom stereocenters. The molecular formula is C84H96Cl6Si2Zr3. The summed E-state index contributed by atoms with van der Waals surface area (Å²) in [4.78, 5) is 0. The monoisotopic (exact) mass is 1640 g/mol. The number of halogens is 6. The Morgan fingerprint density at radius 2 is 0.568 bits per heavy atom. The minimum absolute atomic E-state index is 0.0511. The van der Waals surface area contributed by atoms with Gasteiger partial charge in [-0.25, -0.2) is 0 Å². The summed E-state index contributed by atoms with van der Waals surface area (Å²) in [5.74, 6) is 29.2. The van der Waals surface area contributed by atoms with Crippen LogP contribution in [0.4, 0.5) is 0 Å². The van der Waals surface area contributed by atoms with E-state index < -0.39 is 62.5 Å². The van der Waals surface area contributed by atoms with Crippen LogP contribution in [0.15, 0.2) is 182 Å². The molecule has 0 bridgehead atoms. The van der Waals surface area contributed by atoms with Crippen LogP contribution in [-0.2, 0) is 88.2 Å². The first kappa shape index (κ1) is 87.9. The van der Waals surface area contributed by atoms with Crippen molar-refractivity contribution >= 4 is 113 Å². The number of fused-ring (bicyclic) bond motifs is 4. The Bertz CT molecular complexity index is 3740. The van der Waals surface area contributed by atoms with Gasteiger partial charge in [0.05, 0.1) is 0 Å². The Labute approximate surface area is 636 Å². The van der Waals surface area contributed by atoms with Crippen molar-refractivity contribution in [2.24, 2.45) is 34.5 Å². The fraction of sp³-hybridized carbons (Fsp3) is 0.333. The summed E-state index contributed by atoms with van der Waals surface area (Å²) in [7, 11) is 31.8. The van der Waals surface area contributed by atoms with Gasteiger partial charge in [-0.1, -0.05) is 190 Å². The van der Waals surface area contributed by atoms with Crippen molar-refractivity contribution in [1.29, 1.82) is 0 Å². The third-order valence-electron chi connectivity index (χ3n) is 13.2. The van der Waals surface area contributed by atoms with Gasteiger partial charge in [0, 0.05) is 41.0 Å². The molecule has 0 fully saturated rings. The molecule has 11 heteroatoms. The van der Waals surface area contributed by atoms with E-state index in [1.165, 1.54) is 65.3 Å². The second kappa shape index (κ2) is 49.4. The van der Waals surface area contributed by atoms with E-state index >= 15 is 0 Å². The molecule has 10 rings (SSSR count). The van der Waals surface area contributed by atoms with Gasteiger partial charge < -0.3 is 0 Å². The molecule has 0 aliphatic heterocycles. The Balaban J connectivity index is 0.000000402. The van der Waals surface area contributed by atoms with Crippen LogP contribution < -0.4 is 0 Å². The van der Waals surface area contributed by atoms with Crippen LogP contribution in [0, 0.1) is 81.9 Å². The first-order valence-corrected chi connectivity index (χ1v) is 55.2. The molecule has 0 saturated carbocycles. The Morgan fingerprint density at radius 1 is 0.358 bits per heavy atom. The molecular weight excluding hydrogens is 1550 g/mol. The normalized spacial score (nSPS) is 10.1. The fourth-order valence-corrected chi connectivity index (χ4v) is 9.81. The van der Waals surface area contributed by atoms with Crippen LogP contribution in [0.25, 0.3) is 43.1 Å². The van der Waals surface area contributed by atoms with Gasteiger partial charge in [-0.15, -0.1) is 138 Å². The minimum atomic E-state index is -0.826. The van der Waals surface area contributed by atoms with E-state index in [1.807, 2.05) is 60.7 Å². The molecule has 10 aromatic rings. The number of benzene rings is 6. The van der Waals surface area contributed by atoms with Crippen molar-refractivity contribution in [3.63, 3.8) is 0 Å². The quantitative estimate of drug-likeness (QED) is 0.0808. The average molecular weight is 1650 g/mol. The second-order valence-corrected chi connectivity index (χ2v) is 39.7. The van der Waals surface area contributed by atoms with Gasteiger partial charge in [-0.05, 0) is 137 Å². The van der Waals surface area contributed by atoms with Gasteiger partial charge in [-0.3, -0.25) is 0 Å². The van der Waals surface area contributed by atoms with Crippen molar-refractivity contribution in [1.82, 2.24) is 0 Å². The maximum atomic E-state index is 4.93. The SMILES string of the molecule is CC(C)Cc1cc2c(C#CC(C)(C)C)cccc2[cH-]1.CC(C)Cc1cc2c(C#CC(C)(C)C)cccc2[cH-]1.CC(C)Cc1cc2c(C#Cc3ccccc3)cccc2[cH-]1.CC(C)Cc1cc2c(C#Cc3ccccc3)cccc2[cH-]1.C[Si]C.C[Si]C.[Cl][Zr+2][Cl].[Cl][Zr+2][Cl].[Cl][Zr][Cl]. The van der Waals surface area contributed by atoms with Crippen molar-refractivity contribution in [2.75, 3.05) is 0 Å². The second-order valence-electron chi connectivity index (χ2n) is 26.5. The number of hydrogen-bond acceptors (Lipinski definition) is 0. The summed E-state index contributed by atoms with van der Waals surface area (Å²) >= 11 is -2.48. The van der Waals surface area contributed by atoms with Crippen LogP contribution in [0.5, 0.6) is 0 Å². The molecule has 0 nitrogen and oxygen atoms in total. The van der Waals surface area contributed by atoms with E-state index in [2.05, 4.69) is 292 Å². The first-order valence-electron chi connectivity index (χ1n) is 32.2. The summed E-state index contributed by atoms with van der Waals surface area (Å²) in [6, 6.07) is 64.3. The van der Waals surface area contributed by atoms with Gasteiger partial charge >= 0.3 is 114 Å². The number of hydrogen-bond donors (Lipinski definition) is 0. The van der Waals surface area contributed by atoms with Crippen LogP contribution >= 0.6 is 51.1 Å². The summed E-state index contributed by atoms with van der Waals surface area (Å²) in [6.45, 7) is 39.6. The molecule has 0 saturated heterocycles. The third-order valence-corrected chi connectivity index (χ3v) is 13.2. The van der Waals surface area contributed by atoms with E-state index in [0.29, 0.717) is 23.7 Å². The Kier molecular flexibility index (Phi) is 45.7. The summed E-state index contributed by atoms with van der Waals surface area (Å²) in [6.07, 6.45) is 4.53. The molecule has 10 aromatic carbocycles. The van der Waals surface area contributed by atoms with E-state index in [0.717, 1.165) is 78.1 Å². The van der Waals surface area contributed by atoms with Crippen LogP contribution in [0.1, 0.15) is 153 Å². The van der Waals surface area contributed by atoms with Crippen LogP contribution in [0.2, 0.25) is 26.2 Å². The van der Waals surface area contributed by atoms with Crippen LogP contribution in [0.3, 0.4) is 0 Å². The predicted octanol–water partition coefficient (Wildman–Crippen LogP) is 26.3. The third kappa shape index (κ3) is 37.2. The van der Waals surface area contributed by atoms with E-state index in [9.17, 15) is 0 Å².